The minimum absolute atomic E-state index is 0. The zero-order valence-electron chi connectivity index (χ0n) is 60.2. The van der Waals surface area contributed by atoms with E-state index in [1.807, 2.05) is 0 Å². The lowest BCUT2D eigenvalue weighted by Crippen LogP contribution is -2.45. The van der Waals surface area contributed by atoms with E-state index in [4.69, 9.17) is 51.9 Å². The smallest absolute Gasteiger partial charge is 0.485 e. The van der Waals surface area contributed by atoms with E-state index in [0.717, 1.165) is 51.9 Å². The molecule has 2 N–H and O–H groups in total. The summed E-state index contributed by atoms with van der Waals surface area (Å²) in [5.41, 5.74) is 8.01. The molecule has 4 aliphatic heterocycles. The second-order valence-corrected chi connectivity index (χ2v) is 31.5. The summed E-state index contributed by atoms with van der Waals surface area (Å²) in [6.07, 6.45) is 17.9. The lowest BCUT2D eigenvalue weighted by atomic mass is 9.79. The number of benzene rings is 6. The predicted octanol–water partition coefficient (Wildman–Crippen LogP) is 12.8. The Kier molecular flexibility index (Phi) is 26.1. The first-order valence-corrected chi connectivity index (χ1v) is 38.8. The van der Waals surface area contributed by atoms with Crippen molar-refractivity contribution in [2.75, 3.05) is 38.0 Å². The van der Waals surface area contributed by atoms with E-state index < -0.39 is 62.5 Å². The Morgan fingerprint density at radius 3 is 0.901 bits per heavy atom. The topological polar surface area (TPSA) is 282 Å². The number of hydrogen-bond donors (Lipinski definition) is 0. The zero-order chi connectivity index (χ0) is 81.3. The number of nitrogens with zero attached hydrogens (tertiary/aromatic N) is 6. The van der Waals surface area contributed by atoms with E-state index in [-0.39, 0.29) is 5.48 Å². The van der Waals surface area contributed by atoms with Crippen molar-refractivity contribution in [2.45, 2.75) is 102 Å². The maximum atomic E-state index is 10.7. The van der Waals surface area contributed by atoms with Gasteiger partial charge in [0.15, 0.2) is 79.0 Å². The van der Waals surface area contributed by atoms with Crippen molar-refractivity contribution in [3.05, 3.63) is 225 Å². The van der Waals surface area contributed by atoms with Crippen LogP contribution in [0.3, 0.4) is 0 Å². The first kappa shape index (κ1) is 86.9. The van der Waals surface area contributed by atoms with E-state index >= 15 is 0 Å². The van der Waals surface area contributed by atoms with Gasteiger partial charge in [0.2, 0.25) is 34.2 Å². The molecule has 35 heteroatoms. The highest BCUT2D eigenvalue weighted by atomic mass is 32.2. The molecule has 0 bridgehead atoms. The third kappa shape index (κ3) is 19.3. The molecule has 10 aromatic rings. The van der Waals surface area contributed by atoms with Crippen LogP contribution in [0, 0.1) is 27.7 Å². The monoisotopic (exact) mass is 1630 g/mol. The SMILES string of the molecule is Cc1c(C)c2c(c3c1CC[n+]1ccc4ccccc4c1-3)-c1cccc(/C=C/c3ccc(N(C)C)cc3)[n+]1CC2.Cc1c(C)c2c(c3c1CC[n+]1ccc4ccccc4c1-3)-c1cccc(/C=C/c3ccc(N(C)C)cc3)[n+]1CC2.O.O=S(=O)([O-])C(F)(F)F.O=S(=O)([O-])C(F)(F)F.O=S(=O)([O-])C(F)(F)F.O=S(=O)([O-])C(F)(F)F. The number of aryl methyl sites for hydroxylation is 2. The van der Waals surface area contributed by atoms with Gasteiger partial charge in [0, 0.05) is 114 Å². The van der Waals surface area contributed by atoms with E-state index in [1.54, 1.807) is 0 Å². The molecular formula is C76H72F12N6O13S4. The van der Waals surface area contributed by atoms with Gasteiger partial charge in [-0.15, -0.1) is 0 Å². The Morgan fingerprint density at radius 2 is 0.622 bits per heavy atom. The summed E-state index contributed by atoms with van der Waals surface area (Å²) in [5.74, 6) is 0. The van der Waals surface area contributed by atoms with Crippen LogP contribution in [0.5, 0.6) is 0 Å². The largest absolute Gasteiger partial charge is 0.741 e. The molecule has 14 rings (SSSR count). The minimum Gasteiger partial charge on any atom is -0.741 e. The first-order chi connectivity index (χ1) is 51.0. The molecule has 0 aliphatic carbocycles. The number of rotatable bonds is 6. The quantitative estimate of drug-likeness (QED) is 0.0648. The molecule has 0 saturated carbocycles. The van der Waals surface area contributed by atoms with Crippen molar-refractivity contribution in [3.63, 3.8) is 0 Å². The number of anilines is 2. The molecule has 0 saturated heterocycles. The lowest BCUT2D eigenvalue weighted by Gasteiger charge is -2.27. The van der Waals surface area contributed by atoms with Crippen LogP contribution in [0.1, 0.15) is 67.0 Å². The Labute approximate surface area is 632 Å². The van der Waals surface area contributed by atoms with E-state index in [0.29, 0.717) is 0 Å². The molecule has 4 aromatic heterocycles. The summed E-state index contributed by atoms with van der Waals surface area (Å²) >= 11 is 0. The number of aromatic nitrogens is 4. The molecular weight excluding hydrogens is 1560 g/mol. The van der Waals surface area contributed by atoms with Gasteiger partial charge in [-0.25, -0.2) is 33.7 Å². The Bertz CT molecular complexity index is 5310. The average molecular weight is 1630 g/mol. The second-order valence-electron chi connectivity index (χ2n) is 26.0. The number of halogens is 12. The lowest BCUT2D eigenvalue weighted by molar-refractivity contribution is -0.690. The Balaban J connectivity index is 0.000000200. The molecule has 8 heterocycles. The first-order valence-electron chi connectivity index (χ1n) is 33.2. The fraction of sp³-hybridized carbons (Fsp3) is 0.263. The van der Waals surface area contributed by atoms with Crippen LogP contribution in [0.4, 0.5) is 64.1 Å². The fourth-order valence-corrected chi connectivity index (χ4v) is 13.4. The molecule has 0 amide bonds. The summed E-state index contributed by atoms with van der Waals surface area (Å²) in [7, 11) is -16.0. The Hall–Kier alpha value is -9.72. The van der Waals surface area contributed by atoms with Crippen molar-refractivity contribution in [2.24, 2.45) is 0 Å². The molecule has 592 valence electrons. The summed E-state index contributed by atoms with van der Waals surface area (Å²) in [4.78, 5) is 4.27. The van der Waals surface area contributed by atoms with E-state index in [2.05, 4.69) is 266 Å². The van der Waals surface area contributed by atoms with Crippen LogP contribution in [0.2, 0.25) is 0 Å². The summed E-state index contributed by atoms with van der Waals surface area (Å²) < 4.78 is 246. The molecule has 4 aliphatic rings. The predicted molar refractivity (Wildman–Crippen MR) is 390 cm³/mol. The van der Waals surface area contributed by atoms with Crippen molar-refractivity contribution in [3.8, 4) is 45.0 Å². The van der Waals surface area contributed by atoms with Gasteiger partial charge in [0.05, 0.1) is 33.0 Å². The van der Waals surface area contributed by atoms with Crippen LogP contribution in [-0.2, 0) is 92.3 Å². The molecule has 0 radical (unpaired) electrons. The van der Waals surface area contributed by atoms with Crippen molar-refractivity contribution < 1.29 is 128 Å². The maximum Gasteiger partial charge on any atom is 0.485 e. The number of fused-ring (bicyclic) bond motifs is 18. The van der Waals surface area contributed by atoms with E-state index in [1.165, 1.54) is 145 Å². The minimum atomic E-state index is -6.09. The van der Waals surface area contributed by atoms with Gasteiger partial charge >= 0.3 is 22.0 Å². The van der Waals surface area contributed by atoms with Crippen LogP contribution in [-0.4, -0.2) is 108 Å². The average Bonchev–Trinajstić information content (AvgIpc) is 0.719. The molecule has 0 spiro atoms. The van der Waals surface area contributed by atoms with Gasteiger partial charge in [-0.1, -0.05) is 60.7 Å². The van der Waals surface area contributed by atoms with Crippen molar-refractivity contribution in [1.82, 2.24) is 0 Å². The van der Waals surface area contributed by atoms with Gasteiger partial charge in [0.25, 0.3) is 0 Å². The van der Waals surface area contributed by atoms with Crippen LogP contribution in [0.15, 0.2) is 158 Å². The maximum absolute atomic E-state index is 10.7. The van der Waals surface area contributed by atoms with Crippen molar-refractivity contribution >= 4 is 97.7 Å². The van der Waals surface area contributed by atoms with Crippen LogP contribution in [0.25, 0.3) is 90.9 Å². The number of hydrogen-bond acceptors (Lipinski definition) is 14. The molecule has 0 atom stereocenters. The second kappa shape index (κ2) is 33.3. The summed E-state index contributed by atoms with van der Waals surface area (Å²) in [6.45, 7) is 13.4. The zero-order valence-corrected chi connectivity index (χ0v) is 63.5. The summed E-state index contributed by atoms with van der Waals surface area (Å²) in [5, 5.41) is 5.31. The molecule has 0 unspecified atom stereocenters. The third-order valence-electron chi connectivity index (χ3n) is 19.0. The molecule has 19 nitrogen and oxygen atoms in total. The van der Waals surface area contributed by atoms with Crippen LogP contribution >= 0.6 is 0 Å². The highest BCUT2D eigenvalue weighted by Gasteiger charge is 2.42. The van der Waals surface area contributed by atoms with Gasteiger partial charge in [0.1, 0.15) is 0 Å². The van der Waals surface area contributed by atoms with Gasteiger partial charge in [-0.3, -0.25) is 0 Å². The standard InChI is InChI=1S/2C36H35N3.4CHF3O3S.H2O/c2*1-24-25(2)31-19-22-38-21-18-27-8-5-6-10-32(27)36(38)35(31)34-30(24)20-23-39-29(9-7-11-33(34)39)17-14-26-12-15-28(16-13-26)37(3)4;4*2-1(3,4)8(5,6)7;/h2*5-18,21H,19-20,22-23H2,1-4H3;4*(H,5,6,7);1H2/q2*+2;;;;;/p-4. The van der Waals surface area contributed by atoms with Gasteiger partial charge in [-0.2, -0.15) is 71.0 Å². The fourth-order valence-electron chi connectivity index (χ4n) is 13.4. The number of pyridine rings is 4. The van der Waals surface area contributed by atoms with Crippen LogP contribution < -0.4 is 28.1 Å². The highest BCUT2D eigenvalue weighted by molar-refractivity contribution is 7.87. The van der Waals surface area contributed by atoms with Gasteiger partial charge < -0.3 is 33.5 Å². The number of alkyl halides is 12. The molecule has 0 fully saturated rings. The summed E-state index contributed by atoms with van der Waals surface area (Å²) in [6, 6.07) is 53.5. The van der Waals surface area contributed by atoms with Gasteiger partial charge in [-0.05, 0) is 155 Å². The van der Waals surface area contributed by atoms with E-state index in [9.17, 15) is 52.7 Å². The highest BCUT2D eigenvalue weighted by Crippen LogP contribution is 2.47. The normalized spacial score (nSPS) is 13.6. The third-order valence-corrected chi connectivity index (χ3v) is 21.2. The molecule has 111 heavy (non-hydrogen) atoms. The molecule has 6 aromatic carbocycles. The van der Waals surface area contributed by atoms with Crippen molar-refractivity contribution in [1.29, 1.82) is 0 Å². The Morgan fingerprint density at radius 1 is 0.351 bits per heavy atom.